The quantitative estimate of drug-likeness (QED) is 0.775. The molecular formula is C16H18ClF4N3O2. The van der Waals surface area contributed by atoms with Crippen LogP contribution in [0.25, 0.3) is 0 Å². The van der Waals surface area contributed by atoms with E-state index in [9.17, 15) is 27.2 Å². The van der Waals surface area contributed by atoms with Crippen molar-refractivity contribution in [2.75, 3.05) is 32.7 Å². The zero-order chi connectivity index (χ0) is 18.2. The van der Waals surface area contributed by atoms with Crippen LogP contribution in [-0.4, -0.2) is 66.3 Å². The van der Waals surface area contributed by atoms with E-state index in [0.29, 0.717) is 6.07 Å². The highest BCUT2D eigenvalue weighted by Gasteiger charge is 2.44. The first-order valence-electron chi connectivity index (χ1n) is 7.91. The van der Waals surface area contributed by atoms with E-state index >= 15 is 0 Å². The van der Waals surface area contributed by atoms with E-state index in [1.54, 1.807) is 0 Å². The van der Waals surface area contributed by atoms with Gasteiger partial charge in [0, 0.05) is 38.7 Å². The van der Waals surface area contributed by atoms with E-state index in [0.717, 1.165) is 12.1 Å². The number of hydrogen-bond acceptors (Lipinski definition) is 3. The fourth-order valence-corrected chi connectivity index (χ4v) is 3.07. The van der Waals surface area contributed by atoms with Crippen molar-refractivity contribution in [2.45, 2.75) is 18.4 Å². The van der Waals surface area contributed by atoms with E-state index in [4.69, 9.17) is 0 Å². The Morgan fingerprint density at radius 2 is 1.69 bits per heavy atom. The first-order chi connectivity index (χ1) is 11.8. The molecule has 0 bridgehead atoms. The molecule has 3 rings (SSSR count). The smallest absolute Gasteiger partial charge is 0.262 e. The van der Waals surface area contributed by atoms with Gasteiger partial charge in [-0.3, -0.25) is 14.9 Å². The zero-order valence-electron chi connectivity index (χ0n) is 13.7. The van der Waals surface area contributed by atoms with E-state index < -0.39 is 48.4 Å². The normalized spacial score (nSPS) is 22.1. The lowest BCUT2D eigenvalue weighted by atomic mass is 10.1. The third-order valence-electron chi connectivity index (χ3n) is 4.45. The van der Waals surface area contributed by atoms with Crippen LogP contribution in [0.2, 0.25) is 0 Å². The minimum Gasteiger partial charge on any atom is -0.338 e. The van der Waals surface area contributed by atoms with Crippen molar-refractivity contribution < 1.29 is 27.2 Å². The Balaban J connectivity index is 0.00000243. The number of rotatable bonds is 2. The molecule has 10 heteroatoms. The summed E-state index contributed by atoms with van der Waals surface area (Å²) in [5.41, 5.74) is -0.238. The van der Waals surface area contributed by atoms with Crippen molar-refractivity contribution in [1.29, 1.82) is 0 Å². The predicted molar refractivity (Wildman–Crippen MR) is 87.4 cm³/mol. The number of amides is 2. The summed E-state index contributed by atoms with van der Waals surface area (Å²) in [6.07, 6.45) is -0.536. The van der Waals surface area contributed by atoms with Crippen LogP contribution < -0.4 is 5.32 Å². The molecule has 0 radical (unpaired) electrons. The van der Waals surface area contributed by atoms with E-state index in [-0.39, 0.29) is 44.1 Å². The van der Waals surface area contributed by atoms with Gasteiger partial charge in [-0.05, 0) is 12.1 Å². The average molecular weight is 396 g/mol. The number of carbonyl (C=O) groups is 2. The molecule has 1 aromatic carbocycles. The second-order valence-electron chi connectivity index (χ2n) is 6.24. The summed E-state index contributed by atoms with van der Waals surface area (Å²) >= 11 is 0. The fraction of sp³-hybridized carbons (Fsp3) is 0.500. The molecule has 144 valence electrons. The van der Waals surface area contributed by atoms with Crippen molar-refractivity contribution in [1.82, 2.24) is 15.1 Å². The van der Waals surface area contributed by atoms with Crippen LogP contribution in [0, 0.1) is 11.6 Å². The number of carbonyl (C=O) groups excluding carboxylic acids is 2. The SMILES string of the molecule is Cl.O=C(c1ccc(F)cc1F)N1CCN(C(=O)C2CC(F)(F)CN2)CC1. The third-order valence-corrected chi connectivity index (χ3v) is 4.45. The van der Waals surface area contributed by atoms with Crippen molar-refractivity contribution in [2.24, 2.45) is 0 Å². The van der Waals surface area contributed by atoms with E-state index in [2.05, 4.69) is 5.32 Å². The van der Waals surface area contributed by atoms with Crippen LogP contribution in [0.15, 0.2) is 18.2 Å². The van der Waals surface area contributed by atoms with Crippen LogP contribution in [0.5, 0.6) is 0 Å². The molecule has 0 aliphatic carbocycles. The van der Waals surface area contributed by atoms with Gasteiger partial charge in [0.1, 0.15) is 11.6 Å². The lowest BCUT2D eigenvalue weighted by Crippen LogP contribution is -2.54. The van der Waals surface area contributed by atoms with Gasteiger partial charge in [0.25, 0.3) is 11.8 Å². The van der Waals surface area contributed by atoms with Gasteiger partial charge in [-0.2, -0.15) is 0 Å². The summed E-state index contributed by atoms with van der Waals surface area (Å²) < 4.78 is 53.0. The van der Waals surface area contributed by atoms with Crippen molar-refractivity contribution in [3.63, 3.8) is 0 Å². The summed E-state index contributed by atoms with van der Waals surface area (Å²) in [6, 6.07) is 1.79. The van der Waals surface area contributed by atoms with Gasteiger partial charge in [0.2, 0.25) is 5.91 Å². The molecule has 5 nitrogen and oxygen atoms in total. The Labute approximate surface area is 153 Å². The molecule has 2 heterocycles. The van der Waals surface area contributed by atoms with Gasteiger partial charge in [0.05, 0.1) is 18.2 Å². The second-order valence-corrected chi connectivity index (χ2v) is 6.24. The van der Waals surface area contributed by atoms with Gasteiger partial charge in [-0.25, -0.2) is 17.6 Å². The number of alkyl halides is 2. The standard InChI is InChI=1S/C16H17F4N3O2.ClH/c17-10-1-2-11(12(18)7-10)14(24)22-3-5-23(6-4-22)15(25)13-8-16(19,20)9-21-13;/h1-2,7,13,21H,3-6,8-9H2;1H. The van der Waals surface area contributed by atoms with Crippen LogP contribution in [-0.2, 0) is 4.79 Å². The molecule has 2 aliphatic rings. The summed E-state index contributed by atoms with van der Waals surface area (Å²) in [6.45, 7) is 0.148. The molecule has 0 saturated carbocycles. The molecule has 2 saturated heterocycles. The summed E-state index contributed by atoms with van der Waals surface area (Å²) in [7, 11) is 0. The Morgan fingerprint density at radius 3 is 2.23 bits per heavy atom. The fourth-order valence-electron chi connectivity index (χ4n) is 3.07. The molecular weight excluding hydrogens is 378 g/mol. The summed E-state index contributed by atoms with van der Waals surface area (Å²) in [4.78, 5) is 27.3. The molecule has 2 aliphatic heterocycles. The number of nitrogens with one attached hydrogen (secondary N) is 1. The summed E-state index contributed by atoms with van der Waals surface area (Å²) in [5, 5.41) is 2.51. The molecule has 2 fully saturated rings. The summed E-state index contributed by atoms with van der Waals surface area (Å²) in [5.74, 6) is -5.61. The molecule has 0 spiro atoms. The van der Waals surface area contributed by atoms with Gasteiger partial charge < -0.3 is 9.80 Å². The van der Waals surface area contributed by atoms with Gasteiger partial charge in [-0.15, -0.1) is 12.4 Å². The van der Waals surface area contributed by atoms with E-state index in [1.165, 1.54) is 9.80 Å². The molecule has 26 heavy (non-hydrogen) atoms. The van der Waals surface area contributed by atoms with Crippen LogP contribution in [0.3, 0.4) is 0 Å². The van der Waals surface area contributed by atoms with Crippen molar-refractivity contribution in [3.05, 3.63) is 35.4 Å². The van der Waals surface area contributed by atoms with Crippen LogP contribution in [0.4, 0.5) is 17.6 Å². The highest BCUT2D eigenvalue weighted by molar-refractivity contribution is 5.94. The average Bonchev–Trinajstić information content (AvgIpc) is 2.94. The number of halogens is 5. The Kier molecular flexibility index (Phi) is 6.13. The Morgan fingerprint density at radius 1 is 1.08 bits per heavy atom. The Bertz CT molecular complexity index is 696. The lowest BCUT2D eigenvalue weighted by Gasteiger charge is -2.36. The minimum absolute atomic E-state index is 0. The molecule has 1 atom stereocenters. The maximum absolute atomic E-state index is 13.7. The number of hydrogen-bond donors (Lipinski definition) is 1. The molecule has 2 amide bonds. The van der Waals surface area contributed by atoms with Crippen molar-refractivity contribution >= 4 is 24.2 Å². The molecule has 1 aromatic rings. The largest absolute Gasteiger partial charge is 0.338 e. The number of piperazine rings is 1. The van der Waals surface area contributed by atoms with Crippen LogP contribution in [0.1, 0.15) is 16.8 Å². The first kappa shape index (κ1) is 20.4. The van der Waals surface area contributed by atoms with Crippen molar-refractivity contribution in [3.8, 4) is 0 Å². The van der Waals surface area contributed by atoms with Gasteiger partial charge >= 0.3 is 0 Å². The third kappa shape index (κ3) is 4.27. The number of benzene rings is 1. The van der Waals surface area contributed by atoms with E-state index in [1.807, 2.05) is 0 Å². The molecule has 1 unspecified atom stereocenters. The zero-order valence-corrected chi connectivity index (χ0v) is 14.5. The highest BCUT2D eigenvalue weighted by atomic mass is 35.5. The highest BCUT2D eigenvalue weighted by Crippen LogP contribution is 2.26. The Hall–Kier alpha value is -1.87. The molecule has 1 N–H and O–H groups in total. The van der Waals surface area contributed by atoms with Gasteiger partial charge in [-0.1, -0.05) is 0 Å². The predicted octanol–water partition coefficient (Wildman–Crippen LogP) is 1.67. The first-order valence-corrected chi connectivity index (χ1v) is 7.91. The minimum atomic E-state index is -2.89. The topological polar surface area (TPSA) is 52.7 Å². The van der Waals surface area contributed by atoms with Gasteiger partial charge in [0.15, 0.2) is 0 Å². The molecule has 0 aromatic heterocycles. The maximum atomic E-state index is 13.7. The maximum Gasteiger partial charge on any atom is 0.262 e. The number of nitrogens with zero attached hydrogens (tertiary/aromatic N) is 2. The lowest BCUT2D eigenvalue weighted by molar-refractivity contribution is -0.135. The monoisotopic (exact) mass is 395 g/mol. The second kappa shape index (κ2) is 7.79. The van der Waals surface area contributed by atoms with Crippen LogP contribution >= 0.6 is 12.4 Å².